The number of hydrogen-bond acceptors (Lipinski definition) is 3. The molecule has 0 fully saturated rings. The van der Waals surface area contributed by atoms with Gasteiger partial charge < -0.3 is 9.04 Å². The van der Waals surface area contributed by atoms with Gasteiger partial charge in [0.15, 0.2) is 18.5 Å². The molecule has 0 bridgehead atoms. The van der Waals surface area contributed by atoms with E-state index in [0.717, 1.165) is 0 Å². The van der Waals surface area contributed by atoms with Crippen LogP contribution in [0, 0.1) is 0 Å². The number of halogens is 15. The molecule has 0 aromatic heterocycles. The van der Waals surface area contributed by atoms with Crippen molar-refractivity contribution in [3.8, 4) is 0 Å². The summed E-state index contributed by atoms with van der Waals surface area (Å²) >= 11 is 0. The average Bonchev–Trinajstić information content (AvgIpc) is 2.82. The predicted octanol–water partition coefficient (Wildman–Crippen LogP) is 5.87. The maximum absolute atomic E-state index is 13.3. The van der Waals surface area contributed by atoms with E-state index in [2.05, 4.69) is 27.7 Å². The fraction of sp³-hybridized carbons (Fsp3) is 1.00. The van der Waals surface area contributed by atoms with Crippen LogP contribution < -0.4 is 0 Å². The minimum atomic E-state index is -7.96. The number of nitrogens with zero attached hydrogens (tertiary/aromatic N) is 1. The molecule has 4 nitrogen and oxygen atoms in total. The Kier molecular flexibility index (Phi) is 13.8. The van der Waals surface area contributed by atoms with E-state index >= 15 is 0 Å². The molecular weight excluding hydrogens is 595 g/mol. The molecule has 0 heterocycles. The average molecular weight is 621 g/mol. The summed E-state index contributed by atoms with van der Waals surface area (Å²) in [6.45, 7) is 14.2. The molecule has 0 aliphatic heterocycles. The molecule has 0 aromatic rings. The fourth-order valence-corrected chi connectivity index (χ4v) is 3.44. The van der Waals surface area contributed by atoms with Crippen LogP contribution in [0.2, 0.25) is 0 Å². The Balaban J connectivity index is 0. The first-order chi connectivity index (χ1) is 16.7. The highest BCUT2D eigenvalue weighted by atomic mass is 32.2. The molecule has 38 heavy (non-hydrogen) atoms. The summed E-state index contributed by atoms with van der Waals surface area (Å²) in [4.78, 5) is 0. The number of quaternary nitrogens is 1. The third kappa shape index (κ3) is 7.72. The van der Waals surface area contributed by atoms with Gasteiger partial charge >= 0.3 is 23.7 Å². The molecule has 0 spiro atoms. The molecule has 5 atom stereocenters. The van der Waals surface area contributed by atoms with E-state index in [9.17, 15) is 78.8 Å². The van der Waals surface area contributed by atoms with Crippen molar-refractivity contribution in [1.29, 1.82) is 0 Å². The van der Waals surface area contributed by atoms with Crippen LogP contribution in [0.3, 0.4) is 0 Å². The fourth-order valence-electron chi connectivity index (χ4n) is 2.93. The minimum Gasteiger partial charge on any atom is -0.746 e. The number of hydrogen-bond donors (Lipinski definition) is 0. The normalized spacial score (nSPS) is 18.3. The van der Waals surface area contributed by atoms with Gasteiger partial charge in [-0.25, -0.2) is 39.2 Å². The van der Waals surface area contributed by atoms with Crippen LogP contribution in [-0.2, 0) is 10.1 Å². The summed E-state index contributed by atoms with van der Waals surface area (Å²) in [6, 6.07) is 0. The summed E-state index contributed by atoms with van der Waals surface area (Å²) in [5.41, 5.74) is -5.80. The zero-order valence-electron chi connectivity index (χ0n) is 20.0. The second kappa shape index (κ2) is 13.5. The van der Waals surface area contributed by atoms with Crippen LogP contribution in [0.1, 0.15) is 27.7 Å². The minimum absolute atomic E-state index is 1.28. The molecule has 0 N–H and O–H groups in total. The van der Waals surface area contributed by atoms with Gasteiger partial charge in [0.2, 0.25) is 6.17 Å². The van der Waals surface area contributed by atoms with Crippen molar-refractivity contribution < 1.29 is 83.3 Å². The smallest absolute Gasteiger partial charge is 0.382 e. The van der Waals surface area contributed by atoms with Gasteiger partial charge in [-0.2, -0.15) is 35.1 Å². The van der Waals surface area contributed by atoms with Crippen molar-refractivity contribution in [2.75, 3.05) is 26.2 Å². The lowest BCUT2D eigenvalue weighted by Gasteiger charge is -2.39. The molecule has 0 rings (SSSR count). The highest BCUT2D eigenvalue weighted by molar-refractivity contribution is 7.86. The highest BCUT2D eigenvalue weighted by Gasteiger charge is 2.85. The zero-order chi connectivity index (χ0) is 31.3. The SMILES string of the molecule is CC[N+](CC)(CC)CC.O=S(=O)([O-])C(F)C(F)(F)C(F)(F)C(F)(F)C(F)(F)C(F)C(F)C(F)C(F)C(F)F. The highest BCUT2D eigenvalue weighted by Crippen LogP contribution is 2.56. The molecule has 0 saturated heterocycles. The molecule has 0 saturated carbocycles. The van der Waals surface area contributed by atoms with Crippen LogP contribution in [0.4, 0.5) is 65.9 Å². The summed E-state index contributed by atoms with van der Waals surface area (Å²) in [6.07, 6.45) is -24.4. The van der Waals surface area contributed by atoms with Crippen LogP contribution in [-0.4, -0.2) is 104 Å². The van der Waals surface area contributed by atoms with Crippen LogP contribution >= 0.6 is 0 Å². The molecule has 0 aliphatic carbocycles. The van der Waals surface area contributed by atoms with E-state index in [1.165, 1.54) is 30.7 Å². The van der Waals surface area contributed by atoms with Gasteiger partial charge in [-0.05, 0) is 27.7 Å². The standard InChI is InChI=1S/C10H7F15O3S.C8H20N/c11-1(3(13)5(15)16)2(12)4(14)7(18,19)9(22,23)10(24,25)8(20,21)6(17)29(26,27)28;1-5-9(6-2,7-3)8-4/h1-6H,(H,26,27,28);5-8H2,1-4H3/q;+1/p-1. The summed E-state index contributed by atoms with van der Waals surface area (Å²) in [7, 11) is -7.21. The van der Waals surface area contributed by atoms with Crippen molar-refractivity contribution >= 4 is 10.1 Å². The van der Waals surface area contributed by atoms with Gasteiger partial charge in [-0.3, -0.25) is 0 Å². The van der Waals surface area contributed by atoms with Crippen LogP contribution in [0.5, 0.6) is 0 Å². The lowest BCUT2D eigenvalue weighted by molar-refractivity contribution is -0.921. The van der Waals surface area contributed by atoms with Gasteiger partial charge in [-0.15, -0.1) is 0 Å². The van der Waals surface area contributed by atoms with E-state index in [1.54, 1.807) is 0 Å². The largest absolute Gasteiger partial charge is 0.746 e. The van der Waals surface area contributed by atoms with Crippen molar-refractivity contribution in [2.45, 2.75) is 88.0 Å². The third-order valence-corrected chi connectivity index (χ3v) is 6.73. The summed E-state index contributed by atoms with van der Waals surface area (Å²) < 4.78 is 225. The van der Waals surface area contributed by atoms with Crippen molar-refractivity contribution in [3.63, 3.8) is 0 Å². The Morgan fingerprint density at radius 1 is 0.605 bits per heavy atom. The third-order valence-electron chi connectivity index (χ3n) is 5.93. The number of alkyl halides is 15. The van der Waals surface area contributed by atoms with Crippen molar-refractivity contribution in [1.82, 2.24) is 0 Å². The molecule has 0 aliphatic rings. The van der Waals surface area contributed by atoms with Gasteiger partial charge in [0.1, 0.15) is 10.1 Å². The lowest BCUT2D eigenvalue weighted by atomic mass is 9.92. The maximum Gasteiger partial charge on any atom is 0.382 e. The molecule has 20 heteroatoms. The monoisotopic (exact) mass is 621 g/mol. The van der Waals surface area contributed by atoms with Gasteiger partial charge in [0.05, 0.1) is 26.2 Å². The summed E-state index contributed by atoms with van der Waals surface area (Å²) in [5.74, 6) is -30.9. The van der Waals surface area contributed by atoms with Crippen molar-refractivity contribution in [2.24, 2.45) is 0 Å². The molecule has 0 aromatic carbocycles. The van der Waals surface area contributed by atoms with E-state index < -0.39 is 70.4 Å². The summed E-state index contributed by atoms with van der Waals surface area (Å²) in [5, 5.41) is 0. The first-order valence-electron chi connectivity index (χ1n) is 10.5. The topological polar surface area (TPSA) is 57.2 Å². The predicted molar refractivity (Wildman–Crippen MR) is 102 cm³/mol. The van der Waals surface area contributed by atoms with Crippen LogP contribution in [0.15, 0.2) is 0 Å². The molecular formula is C18H26F15NO3S. The maximum atomic E-state index is 13.3. The first-order valence-corrected chi connectivity index (χ1v) is 12.0. The first kappa shape index (κ1) is 39.0. The Labute approximate surface area is 208 Å². The van der Waals surface area contributed by atoms with E-state index in [1.807, 2.05) is 0 Å². The molecule has 0 amide bonds. The Morgan fingerprint density at radius 2 is 0.921 bits per heavy atom. The van der Waals surface area contributed by atoms with Gasteiger partial charge in [-0.1, -0.05) is 0 Å². The van der Waals surface area contributed by atoms with Gasteiger partial charge in [0.25, 0.3) is 11.9 Å². The Bertz CT molecular complexity index is 806. The van der Waals surface area contributed by atoms with E-state index in [4.69, 9.17) is 0 Å². The van der Waals surface area contributed by atoms with Crippen molar-refractivity contribution in [3.05, 3.63) is 0 Å². The van der Waals surface area contributed by atoms with Gasteiger partial charge in [0, 0.05) is 0 Å². The van der Waals surface area contributed by atoms with E-state index in [-0.39, 0.29) is 0 Å². The zero-order valence-corrected chi connectivity index (χ0v) is 20.9. The Morgan fingerprint density at radius 3 is 1.16 bits per heavy atom. The lowest BCUT2D eigenvalue weighted by Crippen LogP contribution is -2.69. The number of rotatable bonds is 14. The second-order valence-corrected chi connectivity index (χ2v) is 9.28. The quantitative estimate of drug-likeness (QED) is 0.139. The Hall–Kier alpha value is -1.18. The second-order valence-electron chi connectivity index (χ2n) is 7.88. The molecule has 232 valence electrons. The van der Waals surface area contributed by atoms with Crippen LogP contribution in [0.25, 0.3) is 0 Å². The van der Waals surface area contributed by atoms with E-state index in [0.29, 0.717) is 0 Å². The molecule has 0 radical (unpaired) electrons. The molecule has 5 unspecified atom stereocenters.